The minimum absolute atomic E-state index is 0.0222. The number of esters is 1. The van der Waals surface area contributed by atoms with Crippen molar-refractivity contribution < 1.29 is 14.6 Å². The molecule has 1 aromatic carbocycles. The second-order valence-corrected chi connectivity index (χ2v) is 7.24. The lowest BCUT2D eigenvalue weighted by molar-refractivity contribution is -0.164. The average Bonchev–Trinajstić information content (AvgIpc) is 2.30. The normalized spacial score (nSPS) is 20.4. The molecule has 1 aliphatic heterocycles. The van der Waals surface area contributed by atoms with E-state index in [9.17, 15) is 9.90 Å². The molecule has 0 saturated heterocycles. The summed E-state index contributed by atoms with van der Waals surface area (Å²) in [4.78, 5) is 12.3. The number of ether oxygens (including phenoxy) is 1. The maximum atomic E-state index is 12.3. The molecule has 0 saturated carbocycles. The number of benzene rings is 1. The Bertz CT molecular complexity index is 637. The molecule has 114 valence electrons. The molecule has 0 unspecified atom stereocenters. The Morgan fingerprint density at radius 3 is 2.00 bits per heavy atom. The van der Waals surface area contributed by atoms with Crippen LogP contribution in [-0.4, -0.2) is 16.7 Å². The molecule has 0 aliphatic carbocycles. The predicted molar refractivity (Wildman–Crippen MR) is 85.0 cm³/mol. The summed E-state index contributed by atoms with van der Waals surface area (Å²) in [6.07, 6.45) is 0. The SMILES string of the molecule is CC1(C)OC(=O)C(c2c(Cl)cc(Cl)cc2Cl)=C(O)C1(C)C. The van der Waals surface area contributed by atoms with Gasteiger partial charge in [0.1, 0.15) is 16.9 Å². The van der Waals surface area contributed by atoms with Crippen molar-refractivity contribution in [3.63, 3.8) is 0 Å². The van der Waals surface area contributed by atoms with Crippen LogP contribution < -0.4 is 0 Å². The molecular formula is C15H15Cl3O3. The van der Waals surface area contributed by atoms with E-state index in [1.807, 2.05) is 0 Å². The number of carbonyl (C=O) groups excluding carboxylic acids is 1. The van der Waals surface area contributed by atoms with Gasteiger partial charge in [-0.25, -0.2) is 4.79 Å². The summed E-state index contributed by atoms with van der Waals surface area (Å²) in [5, 5.41) is 11.3. The van der Waals surface area contributed by atoms with Gasteiger partial charge in [-0.15, -0.1) is 0 Å². The standard InChI is InChI=1S/C15H15Cl3O3/c1-14(2)12(19)11(13(20)21-15(14,3)4)10-8(17)5-7(16)6-9(10)18/h5-6,19H,1-4H3. The minimum Gasteiger partial charge on any atom is -0.511 e. The first-order valence-corrected chi connectivity index (χ1v) is 7.44. The van der Waals surface area contributed by atoms with Crippen molar-refractivity contribution in [1.82, 2.24) is 0 Å². The first kappa shape index (κ1) is 16.5. The Labute approximate surface area is 138 Å². The Kier molecular flexibility index (Phi) is 3.98. The Morgan fingerprint density at radius 2 is 1.52 bits per heavy atom. The minimum atomic E-state index is -0.858. The van der Waals surface area contributed by atoms with Crippen molar-refractivity contribution in [3.05, 3.63) is 38.5 Å². The molecule has 2 rings (SSSR count). The van der Waals surface area contributed by atoms with Crippen LogP contribution >= 0.6 is 34.8 Å². The lowest BCUT2D eigenvalue weighted by atomic mass is 9.71. The second kappa shape index (κ2) is 5.08. The molecule has 1 aliphatic rings. The fourth-order valence-corrected chi connectivity index (χ4v) is 3.11. The number of cyclic esters (lactones) is 1. The van der Waals surface area contributed by atoms with Crippen LogP contribution in [0.15, 0.2) is 17.9 Å². The van der Waals surface area contributed by atoms with E-state index in [-0.39, 0.29) is 26.9 Å². The Balaban J connectivity index is 2.77. The average molecular weight is 350 g/mol. The lowest BCUT2D eigenvalue weighted by Crippen LogP contribution is -2.48. The summed E-state index contributed by atoms with van der Waals surface area (Å²) < 4.78 is 5.46. The summed E-state index contributed by atoms with van der Waals surface area (Å²) in [5.41, 5.74) is -1.44. The third kappa shape index (κ3) is 2.52. The van der Waals surface area contributed by atoms with E-state index in [1.54, 1.807) is 27.7 Å². The van der Waals surface area contributed by atoms with E-state index in [2.05, 4.69) is 0 Å². The highest BCUT2D eigenvalue weighted by atomic mass is 35.5. The molecule has 0 bridgehead atoms. The van der Waals surface area contributed by atoms with Crippen LogP contribution in [0, 0.1) is 5.41 Å². The lowest BCUT2D eigenvalue weighted by Gasteiger charge is -2.44. The fraction of sp³-hybridized carbons (Fsp3) is 0.400. The van der Waals surface area contributed by atoms with Gasteiger partial charge < -0.3 is 9.84 Å². The molecule has 0 radical (unpaired) electrons. The van der Waals surface area contributed by atoms with E-state index in [0.29, 0.717) is 5.02 Å². The molecule has 6 heteroatoms. The van der Waals surface area contributed by atoms with Gasteiger partial charge in [0.25, 0.3) is 0 Å². The van der Waals surface area contributed by atoms with Crippen molar-refractivity contribution in [1.29, 1.82) is 0 Å². The van der Waals surface area contributed by atoms with Gasteiger partial charge in [0.15, 0.2) is 0 Å². The third-order valence-electron chi connectivity index (χ3n) is 4.14. The highest BCUT2D eigenvalue weighted by Crippen LogP contribution is 2.49. The van der Waals surface area contributed by atoms with Crippen molar-refractivity contribution in [2.75, 3.05) is 0 Å². The van der Waals surface area contributed by atoms with E-state index >= 15 is 0 Å². The smallest absolute Gasteiger partial charge is 0.342 e. The van der Waals surface area contributed by atoms with Gasteiger partial charge in [0.2, 0.25) is 0 Å². The molecule has 1 N–H and O–H groups in total. The van der Waals surface area contributed by atoms with E-state index in [4.69, 9.17) is 39.5 Å². The molecule has 1 heterocycles. The molecule has 3 nitrogen and oxygen atoms in total. The van der Waals surface area contributed by atoms with Crippen molar-refractivity contribution in [3.8, 4) is 0 Å². The highest BCUT2D eigenvalue weighted by molar-refractivity contribution is 6.42. The number of halogens is 3. The molecule has 0 fully saturated rings. The zero-order valence-electron chi connectivity index (χ0n) is 12.1. The van der Waals surface area contributed by atoms with Gasteiger partial charge in [-0.1, -0.05) is 34.8 Å². The van der Waals surface area contributed by atoms with E-state index < -0.39 is 17.0 Å². The van der Waals surface area contributed by atoms with Gasteiger partial charge in [0, 0.05) is 10.6 Å². The molecule has 21 heavy (non-hydrogen) atoms. The largest absolute Gasteiger partial charge is 0.511 e. The number of hydrogen-bond donors (Lipinski definition) is 1. The maximum absolute atomic E-state index is 12.3. The number of aliphatic hydroxyl groups excluding tert-OH is 1. The summed E-state index contributed by atoms with van der Waals surface area (Å²) in [7, 11) is 0. The molecule has 0 spiro atoms. The number of hydrogen-bond acceptors (Lipinski definition) is 3. The predicted octanol–water partition coefficient (Wildman–Crippen LogP) is 5.28. The van der Waals surface area contributed by atoms with E-state index in [0.717, 1.165) is 0 Å². The Morgan fingerprint density at radius 1 is 1.05 bits per heavy atom. The topological polar surface area (TPSA) is 46.5 Å². The van der Waals surface area contributed by atoms with Gasteiger partial charge in [-0.3, -0.25) is 0 Å². The van der Waals surface area contributed by atoms with Crippen molar-refractivity contribution >= 4 is 46.3 Å². The van der Waals surface area contributed by atoms with Crippen LogP contribution in [0.2, 0.25) is 15.1 Å². The van der Waals surface area contributed by atoms with Crippen molar-refractivity contribution in [2.24, 2.45) is 5.41 Å². The summed E-state index contributed by atoms with van der Waals surface area (Å²) >= 11 is 18.2. The van der Waals surface area contributed by atoms with Gasteiger partial charge in [-0.2, -0.15) is 0 Å². The maximum Gasteiger partial charge on any atom is 0.342 e. The number of carbonyl (C=O) groups is 1. The first-order chi connectivity index (χ1) is 9.49. The molecular weight excluding hydrogens is 335 g/mol. The van der Waals surface area contributed by atoms with Gasteiger partial charge >= 0.3 is 5.97 Å². The highest BCUT2D eigenvalue weighted by Gasteiger charge is 2.50. The second-order valence-electron chi connectivity index (χ2n) is 5.99. The van der Waals surface area contributed by atoms with Crippen LogP contribution in [0.4, 0.5) is 0 Å². The van der Waals surface area contributed by atoms with Crippen LogP contribution in [0.1, 0.15) is 33.3 Å². The zero-order chi connectivity index (χ0) is 16.2. The molecule has 0 amide bonds. The summed E-state index contributed by atoms with van der Waals surface area (Å²) in [5.74, 6) is -0.766. The monoisotopic (exact) mass is 348 g/mol. The first-order valence-electron chi connectivity index (χ1n) is 6.31. The van der Waals surface area contributed by atoms with E-state index in [1.165, 1.54) is 12.1 Å². The number of aliphatic hydroxyl groups is 1. The fourth-order valence-electron chi connectivity index (χ4n) is 2.11. The molecule has 0 aromatic heterocycles. The summed E-state index contributed by atoms with van der Waals surface area (Å²) in [6.45, 7) is 7.05. The molecule has 0 atom stereocenters. The zero-order valence-corrected chi connectivity index (χ0v) is 14.3. The third-order valence-corrected chi connectivity index (χ3v) is 4.96. The number of rotatable bonds is 1. The van der Waals surface area contributed by atoms with Crippen LogP contribution in [-0.2, 0) is 9.53 Å². The summed E-state index contributed by atoms with van der Waals surface area (Å²) in [6, 6.07) is 2.93. The van der Waals surface area contributed by atoms with Crippen molar-refractivity contribution in [2.45, 2.75) is 33.3 Å². The quantitative estimate of drug-likeness (QED) is 0.702. The Hall–Kier alpha value is -0.900. The molecule has 1 aromatic rings. The van der Waals surface area contributed by atoms with Crippen LogP contribution in [0.25, 0.3) is 5.57 Å². The van der Waals surface area contributed by atoms with Crippen LogP contribution in [0.3, 0.4) is 0 Å². The van der Waals surface area contributed by atoms with Gasteiger partial charge in [-0.05, 0) is 39.8 Å². The van der Waals surface area contributed by atoms with Gasteiger partial charge in [0.05, 0.1) is 15.5 Å². The van der Waals surface area contributed by atoms with Crippen LogP contribution in [0.5, 0.6) is 0 Å².